The summed E-state index contributed by atoms with van der Waals surface area (Å²) < 4.78 is 13.9. The second-order valence-electron chi connectivity index (χ2n) is 7.48. The van der Waals surface area contributed by atoms with Crippen molar-refractivity contribution in [2.45, 2.75) is 19.3 Å². The van der Waals surface area contributed by atoms with Gasteiger partial charge in [-0.25, -0.2) is 4.39 Å². The summed E-state index contributed by atoms with van der Waals surface area (Å²) in [5.74, 6) is 0.785. The Morgan fingerprint density at radius 2 is 1.97 bits per heavy atom. The Morgan fingerprint density at radius 3 is 2.70 bits per heavy atom. The fourth-order valence-corrected chi connectivity index (χ4v) is 3.91. The molecule has 2 N–H and O–H groups in total. The topological polar surface area (TPSA) is 56.7 Å². The van der Waals surface area contributed by atoms with E-state index in [0.717, 1.165) is 19.5 Å². The van der Waals surface area contributed by atoms with Crippen molar-refractivity contribution in [3.63, 3.8) is 0 Å². The summed E-state index contributed by atoms with van der Waals surface area (Å²) in [6.07, 6.45) is 1.87. The molecule has 30 heavy (non-hydrogen) atoms. The van der Waals surface area contributed by atoms with Crippen LogP contribution in [0.25, 0.3) is 0 Å². The number of nitrogens with zero attached hydrogens (tertiary/aromatic N) is 2. The van der Waals surface area contributed by atoms with Crippen LogP contribution in [0.5, 0.6) is 0 Å². The summed E-state index contributed by atoms with van der Waals surface area (Å²) in [5, 5.41) is 6.89. The first-order valence-electron chi connectivity index (χ1n) is 10.3. The Kier molecular flexibility index (Phi) is 8.08. The zero-order valence-electron chi connectivity index (χ0n) is 17.2. The van der Waals surface area contributed by atoms with E-state index in [1.807, 2.05) is 23.1 Å². The summed E-state index contributed by atoms with van der Waals surface area (Å²) in [6.45, 7) is 2.66. The normalized spacial score (nSPS) is 16.8. The van der Waals surface area contributed by atoms with E-state index in [2.05, 4.69) is 27.8 Å². The second kappa shape index (κ2) is 11.0. The number of hydrogen-bond acceptors (Lipinski definition) is 2. The lowest BCUT2D eigenvalue weighted by Gasteiger charge is -2.18. The Balaban J connectivity index is 1.40. The molecule has 1 unspecified atom stereocenters. The summed E-state index contributed by atoms with van der Waals surface area (Å²) in [4.78, 5) is 18.5. The molecule has 0 aromatic heterocycles. The standard InChI is InChI=1S/C23H28ClFN4O/c1-26-23(27-12-10-19-20(24)8-5-9-21(19)25)28-15-18-14-22(30)29(16-18)13-11-17-6-3-2-4-7-17/h2-9,18H,10-16H2,1H3,(H2,26,27,28). The molecule has 1 fully saturated rings. The van der Waals surface area contributed by atoms with Crippen molar-refractivity contribution in [1.82, 2.24) is 15.5 Å². The van der Waals surface area contributed by atoms with Gasteiger partial charge in [-0.2, -0.15) is 0 Å². The molecule has 5 nitrogen and oxygen atoms in total. The van der Waals surface area contributed by atoms with Crippen molar-refractivity contribution in [3.8, 4) is 0 Å². The third-order valence-corrected chi connectivity index (χ3v) is 5.67. The Bertz CT molecular complexity index is 855. The van der Waals surface area contributed by atoms with Crippen LogP contribution in [-0.2, 0) is 17.6 Å². The number of rotatable bonds is 8. The van der Waals surface area contributed by atoms with Gasteiger partial charge in [0.05, 0.1) is 0 Å². The quantitative estimate of drug-likeness (QED) is 0.499. The summed E-state index contributed by atoms with van der Waals surface area (Å²) >= 11 is 6.07. The molecule has 0 bridgehead atoms. The highest BCUT2D eigenvalue weighted by molar-refractivity contribution is 6.31. The van der Waals surface area contributed by atoms with Crippen LogP contribution in [0.1, 0.15) is 17.5 Å². The molecule has 0 aliphatic carbocycles. The monoisotopic (exact) mass is 430 g/mol. The predicted octanol–water partition coefficient (Wildman–Crippen LogP) is 3.28. The molecule has 1 aliphatic heterocycles. The number of nitrogens with one attached hydrogen (secondary N) is 2. The van der Waals surface area contributed by atoms with Gasteiger partial charge in [0.1, 0.15) is 5.82 Å². The first-order valence-corrected chi connectivity index (χ1v) is 10.6. The summed E-state index contributed by atoms with van der Waals surface area (Å²) in [5.41, 5.74) is 1.74. The van der Waals surface area contributed by atoms with E-state index < -0.39 is 0 Å². The SMILES string of the molecule is CN=C(NCCc1c(F)cccc1Cl)NCC1CC(=O)N(CCc2ccccc2)C1. The highest BCUT2D eigenvalue weighted by Crippen LogP contribution is 2.19. The van der Waals surface area contributed by atoms with Crippen molar-refractivity contribution in [1.29, 1.82) is 0 Å². The number of carbonyl (C=O) groups excluding carboxylic acids is 1. The average molecular weight is 431 g/mol. The maximum atomic E-state index is 13.9. The smallest absolute Gasteiger partial charge is 0.223 e. The molecule has 1 heterocycles. The van der Waals surface area contributed by atoms with E-state index in [0.29, 0.717) is 42.5 Å². The molecule has 0 radical (unpaired) electrons. The zero-order chi connectivity index (χ0) is 21.3. The molecule has 1 amide bonds. The molecule has 0 spiro atoms. The lowest BCUT2D eigenvalue weighted by Crippen LogP contribution is -2.41. The molecule has 1 atom stereocenters. The van der Waals surface area contributed by atoms with E-state index >= 15 is 0 Å². The van der Waals surface area contributed by atoms with Crippen molar-refractivity contribution >= 4 is 23.5 Å². The summed E-state index contributed by atoms with van der Waals surface area (Å²) in [6, 6.07) is 14.9. The highest BCUT2D eigenvalue weighted by atomic mass is 35.5. The highest BCUT2D eigenvalue weighted by Gasteiger charge is 2.29. The Morgan fingerprint density at radius 1 is 1.17 bits per heavy atom. The van der Waals surface area contributed by atoms with Gasteiger partial charge in [-0.05, 0) is 30.5 Å². The number of amides is 1. The first-order chi connectivity index (χ1) is 14.6. The number of guanidine groups is 1. The second-order valence-corrected chi connectivity index (χ2v) is 7.88. The van der Waals surface area contributed by atoms with E-state index in [1.54, 1.807) is 19.2 Å². The maximum absolute atomic E-state index is 13.9. The number of halogens is 2. The molecule has 160 valence electrons. The average Bonchev–Trinajstić information content (AvgIpc) is 3.11. The van der Waals surface area contributed by atoms with Crippen LogP contribution >= 0.6 is 11.6 Å². The number of benzene rings is 2. The van der Waals surface area contributed by atoms with Crippen molar-refractivity contribution in [2.24, 2.45) is 10.9 Å². The minimum Gasteiger partial charge on any atom is -0.356 e. The number of carbonyl (C=O) groups is 1. The van der Waals surface area contributed by atoms with Gasteiger partial charge in [-0.1, -0.05) is 48.0 Å². The molecule has 1 aliphatic rings. The minimum atomic E-state index is -0.299. The third kappa shape index (κ3) is 6.20. The maximum Gasteiger partial charge on any atom is 0.223 e. The van der Waals surface area contributed by atoms with Gasteiger partial charge in [-0.3, -0.25) is 9.79 Å². The van der Waals surface area contributed by atoms with Crippen molar-refractivity contribution in [2.75, 3.05) is 33.2 Å². The van der Waals surface area contributed by atoms with Crippen LogP contribution in [0.15, 0.2) is 53.5 Å². The number of likely N-dealkylation sites (tertiary alicyclic amines) is 1. The van der Waals surface area contributed by atoms with Gasteiger partial charge in [0.25, 0.3) is 0 Å². The largest absolute Gasteiger partial charge is 0.356 e. The van der Waals surface area contributed by atoms with Gasteiger partial charge in [0, 0.05) is 56.2 Å². The fourth-order valence-electron chi connectivity index (χ4n) is 3.65. The zero-order valence-corrected chi connectivity index (χ0v) is 18.0. The Hall–Kier alpha value is -2.60. The fraction of sp³-hybridized carbons (Fsp3) is 0.391. The van der Waals surface area contributed by atoms with Crippen LogP contribution in [-0.4, -0.2) is 50.0 Å². The minimum absolute atomic E-state index is 0.204. The van der Waals surface area contributed by atoms with Crippen LogP contribution in [0.2, 0.25) is 5.02 Å². The third-order valence-electron chi connectivity index (χ3n) is 5.32. The first kappa shape index (κ1) is 22.1. The van der Waals surface area contributed by atoms with E-state index in [1.165, 1.54) is 11.6 Å². The lowest BCUT2D eigenvalue weighted by molar-refractivity contribution is -0.127. The van der Waals surface area contributed by atoms with Gasteiger partial charge < -0.3 is 15.5 Å². The van der Waals surface area contributed by atoms with E-state index in [4.69, 9.17) is 11.6 Å². The van der Waals surface area contributed by atoms with Crippen LogP contribution in [0.4, 0.5) is 4.39 Å². The van der Waals surface area contributed by atoms with Gasteiger partial charge >= 0.3 is 0 Å². The molecular weight excluding hydrogens is 403 g/mol. The molecule has 7 heteroatoms. The molecule has 2 aromatic rings. The van der Waals surface area contributed by atoms with Crippen molar-refractivity contribution < 1.29 is 9.18 Å². The van der Waals surface area contributed by atoms with Crippen LogP contribution in [0, 0.1) is 11.7 Å². The van der Waals surface area contributed by atoms with Gasteiger partial charge in [0.15, 0.2) is 5.96 Å². The van der Waals surface area contributed by atoms with Gasteiger partial charge in [-0.15, -0.1) is 0 Å². The number of hydrogen-bond donors (Lipinski definition) is 2. The molecule has 1 saturated heterocycles. The predicted molar refractivity (Wildman–Crippen MR) is 119 cm³/mol. The molecular formula is C23H28ClFN4O. The van der Waals surface area contributed by atoms with Crippen LogP contribution in [0.3, 0.4) is 0 Å². The number of aliphatic imine (C=N–C) groups is 1. The molecule has 2 aromatic carbocycles. The van der Waals surface area contributed by atoms with Crippen molar-refractivity contribution in [3.05, 3.63) is 70.5 Å². The summed E-state index contributed by atoms with van der Waals surface area (Å²) in [7, 11) is 1.69. The van der Waals surface area contributed by atoms with Gasteiger partial charge in [0.2, 0.25) is 5.91 Å². The van der Waals surface area contributed by atoms with E-state index in [9.17, 15) is 9.18 Å². The molecule has 0 saturated carbocycles. The van der Waals surface area contributed by atoms with Crippen LogP contribution < -0.4 is 10.6 Å². The lowest BCUT2D eigenvalue weighted by atomic mass is 10.1. The van der Waals surface area contributed by atoms with E-state index in [-0.39, 0.29) is 17.6 Å². The Labute approximate surface area is 182 Å². The molecule has 3 rings (SSSR count).